The van der Waals surface area contributed by atoms with Crippen molar-refractivity contribution in [3.8, 4) is 0 Å². The maximum absolute atomic E-state index is 6.04. The number of halogens is 1. The highest BCUT2D eigenvalue weighted by molar-refractivity contribution is 6.30. The molecule has 16 heavy (non-hydrogen) atoms. The monoisotopic (exact) mass is 240 g/mol. The van der Waals surface area contributed by atoms with Crippen molar-refractivity contribution in [2.75, 3.05) is 19.8 Å². The zero-order chi connectivity index (χ0) is 11.6. The first-order chi connectivity index (χ1) is 7.61. The Morgan fingerprint density at radius 1 is 1.62 bits per heavy atom. The summed E-state index contributed by atoms with van der Waals surface area (Å²) in [5, 5.41) is 4.06. The van der Waals surface area contributed by atoms with Crippen molar-refractivity contribution >= 4 is 11.6 Å². The summed E-state index contributed by atoms with van der Waals surface area (Å²) in [4.78, 5) is 4.08. The molecule has 0 bridgehead atoms. The minimum absolute atomic E-state index is 0.221. The highest BCUT2D eigenvalue weighted by Gasteiger charge is 2.33. The fourth-order valence-corrected chi connectivity index (χ4v) is 2.07. The van der Waals surface area contributed by atoms with E-state index in [4.69, 9.17) is 16.3 Å². The maximum atomic E-state index is 6.04. The van der Waals surface area contributed by atoms with Gasteiger partial charge in [-0.2, -0.15) is 0 Å². The van der Waals surface area contributed by atoms with E-state index in [-0.39, 0.29) is 11.5 Å². The first kappa shape index (κ1) is 11.8. The van der Waals surface area contributed by atoms with Crippen LogP contribution in [0.2, 0.25) is 5.15 Å². The third-order valence-corrected chi connectivity index (χ3v) is 3.31. The van der Waals surface area contributed by atoms with Crippen LogP contribution < -0.4 is 5.32 Å². The number of aromatic nitrogens is 1. The van der Waals surface area contributed by atoms with Crippen molar-refractivity contribution in [2.24, 2.45) is 5.41 Å². The van der Waals surface area contributed by atoms with Crippen LogP contribution in [-0.4, -0.2) is 24.7 Å². The third-order valence-electron chi connectivity index (χ3n) is 2.99. The van der Waals surface area contributed by atoms with Gasteiger partial charge in [-0.3, -0.25) is 0 Å². The second-order valence-corrected chi connectivity index (χ2v) is 5.15. The molecule has 4 heteroatoms. The molecule has 1 N–H and O–H groups in total. The van der Waals surface area contributed by atoms with E-state index in [0.717, 1.165) is 25.3 Å². The van der Waals surface area contributed by atoms with Crippen molar-refractivity contribution in [1.29, 1.82) is 0 Å². The SMILES string of the molecule is CC(NCC1(C)COC1)c1cccnc1Cl. The molecule has 88 valence electrons. The third kappa shape index (κ3) is 2.54. The fraction of sp³-hybridized carbons (Fsp3) is 0.583. The molecule has 1 atom stereocenters. The van der Waals surface area contributed by atoms with Crippen molar-refractivity contribution in [1.82, 2.24) is 10.3 Å². The van der Waals surface area contributed by atoms with Gasteiger partial charge in [0.1, 0.15) is 5.15 Å². The molecule has 0 saturated carbocycles. The molecule has 0 aliphatic carbocycles. The van der Waals surface area contributed by atoms with E-state index >= 15 is 0 Å². The van der Waals surface area contributed by atoms with Crippen LogP contribution in [0.15, 0.2) is 18.3 Å². The normalized spacial score (nSPS) is 20.2. The van der Waals surface area contributed by atoms with Crippen LogP contribution in [0.5, 0.6) is 0 Å². The lowest BCUT2D eigenvalue weighted by atomic mass is 9.88. The minimum atomic E-state index is 0.221. The van der Waals surface area contributed by atoms with Crippen LogP contribution in [0, 0.1) is 5.41 Å². The van der Waals surface area contributed by atoms with E-state index in [1.165, 1.54) is 0 Å². The van der Waals surface area contributed by atoms with Crippen molar-refractivity contribution < 1.29 is 4.74 Å². The molecule has 2 rings (SSSR count). The van der Waals surface area contributed by atoms with Gasteiger partial charge in [-0.1, -0.05) is 24.6 Å². The second-order valence-electron chi connectivity index (χ2n) is 4.79. The molecule has 3 nitrogen and oxygen atoms in total. The standard InChI is InChI=1S/C12H17ClN2O/c1-9(10-4-3-5-14-11(10)13)15-6-12(2)7-16-8-12/h3-5,9,15H,6-8H2,1-2H3. The van der Waals surface area contributed by atoms with Gasteiger partial charge < -0.3 is 10.1 Å². The number of hydrogen-bond acceptors (Lipinski definition) is 3. The van der Waals surface area contributed by atoms with E-state index in [9.17, 15) is 0 Å². The Bertz CT molecular complexity index is 366. The van der Waals surface area contributed by atoms with Gasteiger partial charge in [0.25, 0.3) is 0 Å². The van der Waals surface area contributed by atoms with Crippen LogP contribution >= 0.6 is 11.6 Å². The van der Waals surface area contributed by atoms with Gasteiger partial charge in [-0.15, -0.1) is 0 Å². The average molecular weight is 241 g/mol. The molecule has 1 aliphatic rings. The molecule has 1 aromatic rings. The van der Waals surface area contributed by atoms with Gasteiger partial charge in [0.05, 0.1) is 13.2 Å². The molecule has 1 fully saturated rings. The molecule has 1 aromatic heterocycles. The van der Waals surface area contributed by atoms with Crippen LogP contribution in [0.25, 0.3) is 0 Å². The molecule has 1 saturated heterocycles. The second kappa shape index (κ2) is 4.70. The van der Waals surface area contributed by atoms with Crippen molar-refractivity contribution in [2.45, 2.75) is 19.9 Å². The molecule has 0 amide bonds. The van der Waals surface area contributed by atoms with E-state index in [1.807, 2.05) is 12.1 Å². The van der Waals surface area contributed by atoms with Gasteiger partial charge in [0, 0.05) is 29.8 Å². The van der Waals surface area contributed by atoms with Crippen molar-refractivity contribution in [3.05, 3.63) is 29.0 Å². The van der Waals surface area contributed by atoms with Gasteiger partial charge >= 0.3 is 0 Å². The molecule has 0 spiro atoms. The van der Waals surface area contributed by atoms with E-state index in [2.05, 4.69) is 24.1 Å². The Hall–Kier alpha value is -0.640. The Morgan fingerprint density at radius 2 is 2.38 bits per heavy atom. The van der Waals surface area contributed by atoms with Crippen LogP contribution in [-0.2, 0) is 4.74 Å². The quantitative estimate of drug-likeness (QED) is 0.821. The van der Waals surface area contributed by atoms with E-state index < -0.39 is 0 Å². The van der Waals surface area contributed by atoms with Crippen LogP contribution in [0.3, 0.4) is 0 Å². The largest absolute Gasteiger partial charge is 0.380 e. The minimum Gasteiger partial charge on any atom is -0.380 e. The lowest BCUT2D eigenvalue weighted by molar-refractivity contribution is -0.0999. The summed E-state index contributed by atoms with van der Waals surface area (Å²) in [5.41, 5.74) is 1.33. The summed E-state index contributed by atoms with van der Waals surface area (Å²) in [6.07, 6.45) is 1.71. The predicted octanol–water partition coefficient (Wildman–Crippen LogP) is 2.42. The number of rotatable bonds is 4. The van der Waals surface area contributed by atoms with Gasteiger partial charge in [-0.05, 0) is 13.0 Å². The first-order valence-corrected chi connectivity index (χ1v) is 5.90. The predicted molar refractivity (Wildman–Crippen MR) is 64.6 cm³/mol. The summed E-state index contributed by atoms with van der Waals surface area (Å²) < 4.78 is 5.22. The zero-order valence-electron chi connectivity index (χ0n) is 9.66. The number of hydrogen-bond donors (Lipinski definition) is 1. The summed E-state index contributed by atoms with van der Waals surface area (Å²) in [6.45, 7) is 6.95. The number of nitrogens with zero attached hydrogens (tertiary/aromatic N) is 1. The number of pyridine rings is 1. The van der Waals surface area contributed by atoms with Gasteiger partial charge in [0.15, 0.2) is 0 Å². The zero-order valence-corrected chi connectivity index (χ0v) is 10.4. The molecule has 1 unspecified atom stereocenters. The molecular formula is C12H17ClN2O. The molecule has 0 aromatic carbocycles. The summed E-state index contributed by atoms with van der Waals surface area (Å²) in [7, 11) is 0. The van der Waals surface area contributed by atoms with Gasteiger partial charge in [0.2, 0.25) is 0 Å². The first-order valence-electron chi connectivity index (χ1n) is 5.52. The Labute approximate surface area is 101 Å². The summed E-state index contributed by atoms with van der Waals surface area (Å²) in [6, 6.07) is 4.14. The van der Waals surface area contributed by atoms with Gasteiger partial charge in [-0.25, -0.2) is 4.98 Å². The topological polar surface area (TPSA) is 34.1 Å². The summed E-state index contributed by atoms with van der Waals surface area (Å²) >= 11 is 6.04. The number of ether oxygens (including phenoxy) is 1. The van der Waals surface area contributed by atoms with E-state index in [0.29, 0.717) is 5.15 Å². The maximum Gasteiger partial charge on any atom is 0.133 e. The Balaban J connectivity index is 1.93. The average Bonchev–Trinajstić information content (AvgIpc) is 2.24. The summed E-state index contributed by atoms with van der Waals surface area (Å²) in [5.74, 6) is 0. The lowest BCUT2D eigenvalue weighted by Gasteiger charge is -2.39. The van der Waals surface area contributed by atoms with E-state index in [1.54, 1.807) is 6.20 Å². The highest BCUT2D eigenvalue weighted by Crippen LogP contribution is 2.27. The molecule has 0 radical (unpaired) electrons. The van der Waals surface area contributed by atoms with Crippen LogP contribution in [0.1, 0.15) is 25.5 Å². The Kier molecular flexibility index (Phi) is 3.47. The molecular weight excluding hydrogens is 224 g/mol. The molecule has 2 heterocycles. The Morgan fingerprint density at radius 3 is 2.94 bits per heavy atom. The molecule has 1 aliphatic heterocycles. The van der Waals surface area contributed by atoms with Crippen LogP contribution in [0.4, 0.5) is 0 Å². The number of nitrogens with one attached hydrogen (secondary N) is 1. The lowest BCUT2D eigenvalue weighted by Crippen LogP contribution is -2.47. The fourth-order valence-electron chi connectivity index (χ4n) is 1.78. The van der Waals surface area contributed by atoms with Crippen molar-refractivity contribution in [3.63, 3.8) is 0 Å². The smallest absolute Gasteiger partial charge is 0.133 e. The highest BCUT2D eigenvalue weighted by atomic mass is 35.5.